The maximum atomic E-state index is 12.3. The fourth-order valence-electron chi connectivity index (χ4n) is 4.94. The average Bonchev–Trinajstić information content (AvgIpc) is 3.47. The van der Waals surface area contributed by atoms with Crippen molar-refractivity contribution < 1.29 is 71.2 Å². The smallest absolute Gasteiger partial charge is 0.261 e. The standard InChI is InChI=1S/C40H62N2O15/c41-37-7-3-4-8-38(37)57-34-33-56-32-31-55-30-29-54-28-27-53-26-25-52-24-23-51-22-21-50-20-19-49-18-17-48-16-15-47-14-13-46-12-11-45-10-9-42-39(43)35-5-1-2-6-36(35)40(42)44/h1-8H,9-34,41H2. The molecule has 0 radical (unpaired) electrons. The van der Waals surface area contributed by atoms with Gasteiger partial charge in [0, 0.05) is 0 Å². The SMILES string of the molecule is Nc1ccccc1OCCOCCOCCOCCOCCOCCOCCOCCOCCOCCOCCOCCOCCN1C(=O)c2ccccc2C1=O. The summed E-state index contributed by atoms with van der Waals surface area (Å²) >= 11 is 0. The second-order valence-corrected chi connectivity index (χ2v) is 12.0. The molecule has 0 saturated carbocycles. The molecule has 0 bridgehead atoms. The van der Waals surface area contributed by atoms with Crippen molar-refractivity contribution >= 4 is 17.5 Å². The Morgan fingerprint density at radius 3 is 0.930 bits per heavy atom. The number of carbonyl (C=O) groups excluding carboxylic acids is 2. The molecule has 0 spiro atoms. The Morgan fingerprint density at radius 2 is 0.614 bits per heavy atom. The predicted molar refractivity (Wildman–Crippen MR) is 208 cm³/mol. The molecule has 17 heteroatoms. The van der Waals surface area contributed by atoms with Crippen molar-refractivity contribution in [1.29, 1.82) is 0 Å². The lowest BCUT2D eigenvalue weighted by molar-refractivity contribution is -0.0286. The Balaban J connectivity index is 0.897. The first-order valence-electron chi connectivity index (χ1n) is 19.5. The summed E-state index contributed by atoms with van der Waals surface area (Å²) in [5, 5.41) is 0. The molecule has 0 aromatic heterocycles. The summed E-state index contributed by atoms with van der Waals surface area (Å²) < 4.78 is 71.4. The maximum absolute atomic E-state index is 12.3. The molecule has 1 aliphatic rings. The third kappa shape index (κ3) is 23.0. The molecular formula is C40H62N2O15. The van der Waals surface area contributed by atoms with Crippen molar-refractivity contribution in [3.05, 3.63) is 59.7 Å². The van der Waals surface area contributed by atoms with Crippen LogP contribution in [0.2, 0.25) is 0 Å². The van der Waals surface area contributed by atoms with Gasteiger partial charge in [-0.05, 0) is 24.3 Å². The minimum Gasteiger partial charge on any atom is -0.489 e. The van der Waals surface area contributed by atoms with E-state index in [1.807, 2.05) is 18.2 Å². The topological polar surface area (TPSA) is 183 Å². The summed E-state index contributed by atoms with van der Waals surface area (Å²) in [6.45, 7) is 11.6. The van der Waals surface area contributed by atoms with Crippen LogP contribution in [0.4, 0.5) is 5.69 Å². The van der Waals surface area contributed by atoms with Crippen molar-refractivity contribution in [3.8, 4) is 5.75 Å². The van der Waals surface area contributed by atoms with Gasteiger partial charge < -0.3 is 67.3 Å². The van der Waals surface area contributed by atoms with E-state index in [0.29, 0.717) is 181 Å². The van der Waals surface area contributed by atoms with Gasteiger partial charge in [-0.15, -0.1) is 0 Å². The van der Waals surface area contributed by atoms with Gasteiger partial charge in [0.2, 0.25) is 0 Å². The van der Waals surface area contributed by atoms with Crippen molar-refractivity contribution in [3.63, 3.8) is 0 Å². The Labute approximate surface area is 336 Å². The maximum Gasteiger partial charge on any atom is 0.261 e. The van der Waals surface area contributed by atoms with Crippen LogP contribution in [0.25, 0.3) is 0 Å². The zero-order chi connectivity index (χ0) is 40.3. The summed E-state index contributed by atoms with van der Waals surface area (Å²) in [7, 11) is 0. The van der Waals surface area contributed by atoms with Crippen LogP contribution >= 0.6 is 0 Å². The van der Waals surface area contributed by atoms with E-state index in [1.54, 1.807) is 30.3 Å². The number of amides is 2. The zero-order valence-electron chi connectivity index (χ0n) is 33.2. The molecule has 0 saturated heterocycles. The zero-order valence-corrected chi connectivity index (χ0v) is 33.2. The van der Waals surface area contributed by atoms with Crippen molar-refractivity contribution in [1.82, 2.24) is 4.90 Å². The minimum absolute atomic E-state index is 0.210. The second-order valence-electron chi connectivity index (χ2n) is 12.0. The molecular weight excluding hydrogens is 748 g/mol. The lowest BCUT2D eigenvalue weighted by atomic mass is 10.1. The number of ether oxygens (including phenoxy) is 13. The molecule has 1 heterocycles. The molecule has 0 aliphatic carbocycles. The number of anilines is 1. The number of nitrogen functional groups attached to an aromatic ring is 1. The van der Waals surface area contributed by atoms with E-state index in [9.17, 15) is 9.59 Å². The first kappa shape index (κ1) is 48.1. The first-order chi connectivity index (χ1) is 28.2. The number of imide groups is 1. The summed E-state index contributed by atoms with van der Waals surface area (Å²) in [4.78, 5) is 25.9. The van der Waals surface area contributed by atoms with Crippen LogP contribution in [0.5, 0.6) is 5.75 Å². The van der Waals surface area contributed by atoms with Crippen LogP contribution in [-0.4, -0.2) is 188 Å². The van der Waals surface area contributed by atoms with Crippen molar-refractivity contribution in [2.24, 2.45) is 0 Å². The lowest BCUT2D eigenvalue weighted by Crippen LogP contribution is -2.33. The number of fused-ring (bicyclic) bond motifs is 1. The third-order valence-corrected chi connectivity index (χ3v) is 7.83. The Bertz CT molecular complexity index is 1270. The fraction of sp³-hybridized carbons (Fsp3) is 0.650. The van der Waals surface area contributed by atoms with E-state index in [4.69, 9.17) is 67.3 Å². The molecule has 0 fully saturated rings. The Hall–Kier alpha value is -3.30. The number of hydrogen-bond acceptors (Lipinski definition) is 16. The largest absolute Gasteiger partial charge is 0.489 e. The third-order valence-electron chi connectivity index (χ3n) is 7.83. The Morgan fingerprint density at radius 1 is 0.351 bits per heavy atom. The highest BCUT2D eigenvalue weighted by atomic mass is 16.6. The van der Waals surface area contributed by atoms with E-state index < -0.39 is 0 Å². The van der Waals surface area contributed by atoms with E-state index in [-0.39, 0.29) is 25.0 Å². The molecule has 57 heavy (non-hydrogen) atoms. The van der Waals surface area contributed by atoms with Gasteiger partial charge in [-0.1, -0.05) is 24.3 Å². The molecule has 2 aromatic rings. The molecule has 17 nitrogen and oxygen atoms in total. The highest BCUT2D eigenvalue weighted by Crippen LogP contribution is 2.22. The van der Waals surface area contributed by atoms with E-state index in [0.717, 1.165) is 0 Å². The van der Waals surface area contributed by atoms with Gasteiger partial charge in [-0.3, -0.25) is 14.5 Å². The molecule has 322 valence electrons. The van der Waals surface area contributed by atoms with Gasteiger partial charge in [-0.25, -0.2) is 0 Å². The van der Waals surface area contributed by atoms with E-state index in [1.165, 1.54) is 4.90 Å². The number of para-hydroxylation sites is 2. The molecule has 1 aliphatic heterocycles. The lowest BCUT2D eigenvalue weighted by Gasteiger charge is -2.13. The predicted octanol–water partition coefficient (Wildman–Crippen LogP) is 2.14. The van der Waals surface area contributed by atoms with E-state index in [2.05, 4.69) is 0 Å². The number of benzene rings is 2. The number of hydrogen-bond donors (Lipinski definition) is 1. The van der Waals surface area contributed by atoms with Gasteiger partial charge in [0.15, 0.2) is 0 Å². The number of carbonyl (C=O) groups is 2. The molecule has 0 unspecified atom stereocenters. The molecule has 2 aromatic carbocycles. The van der Waals surface area contributed by atoms with Crippen molar-refractivity contribution in [2.75, 3.05) is 177 Å². The first-order valence-corrected chi connectivity index (χ1v) is 19.5. The summed E-state index contributed by atoms with van der Waals surface area (Å²) in [6, 6.07) is 14.2. The minimum atomic E-state index is -0.281. The van der Waals surface area contributed by atoms with E-state index >= 15 is 0 Å². The quantitative estimate of drug-likeness (QED) is 0.0587. The van der Waals surface area contributed by atoms with Crippen LogP contribution in [0.15, 0.2) is 48.5 Å². The van der Waals surface area contributed by atoms with Crippen LogP contribution < -0.4 is 10.5 Å². The summed E-state index contributed by atoms with van der Waals surface area (Å²) in [5.41, 5.74) is 7.31. The average molecular weight is 811 g/mol. The van der Waals surface area contributed by atoms with Crippen LogP contribution in [-0.2, 0) is 56.8 Å². The highest BCUT2D eigenvalue weighted by molar-refractivity contribution is 6.21. The summed E-state index contributed by atoms with van der Waals surface area (Å²) in [5.74, 6) is 0.101. The second kappa shape index (κ2) is 33.6. The van der Waals surface area contributed by atoms with Crippen LogP contribution in [0.1, 0.15) is 20.7 Å². The molecule has 0 atom stereocenters. The highest BCUT2D eigenvalue weighted by Gasteiger charge is 2.34. The van der Waals surface area contributed by atoms with Gasteiger partial charge in [0.05, 0.1) is 182 Å². The number of rotatable bonds is 40. The number of nitrogens with zero attached hydrogens (tertiary/aromatic N) is 1. The normalized spacial score (nSPS) is 12.5. The van der Waals surface area contributed by atoms with Gasteiger partial charge in [-0.2, -0.15) is 0 Å². The van der Waals surface area contributed by atoms with Crippen LogP contribution in [0.3, 0.4) is 0 Å². The van der Waals surface area contributed by atoms with Gasteiger partial charge in [0.25, 0.3) is 11.8 Å². The molecule has 3 rings (SSSR count). The van der Waals surface area contributed by atoms with Gasteiger partial charge in [0.1, 0.15) is 12.4 Å². The Kier molecular flexibility index (Phi) is 28.4. The molecule has 2 amide bonds. The number of nitrogens with two attached hydrogens (primary N) is 1. The van der Waals surface area contributed by atoms with Gasteiger partial charge >= 0.3 is 0 Å². The monoisotopic (exact) mass is 810 g/mol. The van der Waals surface area contributed by atoms with Crippen LogP contribution in [0, 0.1) is 0 Å². The fourth-order valence-corrected chi connectivity index (χ4v) is 4.94. The molecule has 2 N–H and O–H groups in total. The van der Waals surface area contributed by atoms with Crippen molar-refractivity contribution in [2.45, 2.75) is 0 Å². The summed E-state index contributed by atoms with van der Waals surface area (Å²) in [6.07, 6.45) is 0.